The van der Waals surface area contributed by atoms with Gasteiger partial charge in [0.1, 0.15) is 6.10 Å². The molecule has 0 bridgehead atoms. The first-order valence-electron chi connectivity index (χ1n) is 10.8. The molecule has 0 radical (unpaired) electrons. The molecule has 2 aliphatic rings. The fraction of sp³-hybridized carbons (Fsp3) is 0.417. The van der Waals surface area contributed by atoms with Crippen molar-refractivity contribution in [3.8, 4) is 11.1 Å². The third-order valence-corrected chi connectivity index (χ3v) is 5.87. The van der Waals surface area contributed by atoms with Crippen molar-refractivity contribution in [3.05, 3.63) is 54.6 Å². The summed E-state index contributed by atoms with van der Waals surface area (Å²) < 4.78 is 5.67. The van der Waals surface area contributed by atoms with E-state index in [1.54, 1.807) is 0 Å². The van der Waals surface area contributed by atoms with Crippen LogP contribution in [0.1, 0.15) is 25.7 Å². The second-order valence-electron chi connectivity index (χ2n) is 8.01. The first-order chi connectivity index (χ1) is 14.7. The molecule has 1 N–H and O–H groups in total. The van der Waals surface area contributed by atoms with E-state index in [1.165, 1.54) is 0 Å². The van der Waals surface area contributed by atoms with Crippen LogP contribution >= 0.6 is 0 Å². The Morgan fingerprint density at radius 1 is 0.900 bits per heavy atom. The number of nitrogens with one attached hydrogen (secondary N) is 1. The Balaban J connectivity index is 1.26. The van der Waals surface area contributed by atoms with Gasteiger partial charge >= 0.3 is 6.09 Å². The second kappa shape index (κ2) is 9.76. The van der Waals surface area contributed by atoms with Gasteiger partial charge in [-0.25, -0.2) is 4.79 Å². The zero-order valence-corrected chi connectivity index (χ0v) is 17.3. The van der Waals surface area contributed by atoms with Crippen molar-refractivity contribution in [1.82, 2.24) is 9.80 Å². The summed E-state index contributed by atoms with van der Waals surface area (Å²) in [5.41, 5.74) is 2.75. The van der Waals surface area contributed by atoms with Crippen LogP contribution in [0.15, 0.2) is 54.6 Å². The Morgan fingerprint density at radius 2 is 1.57 bits per heavy atom. The summed E-state index contributed by atoms with van der Waals surface area (Å²) in [5.74, 6) is 0.224. The summed E-state index contributed by atoms with van der Waals surface area (Å²) in [6, 6.07) is 17.7. The van der Waals surface area contributed by atoms with Crippen molar-refractivity contribution in [1.29, 1.82) is 0 Å². The number of rotatable bonds is 5. The van der Waals surface area contributed by atoms with Gasteiger partial charge in [-0.05, 0) is 37.3 Å². The molecule has 0 spiro atoms. The van der Waals surface area contributed by atoms with E-state index >= 15 is 0 Å². The molecule has 0 aliphatic carbocycles. The summed E-state index contributed by atoms with van der Waals surface area (Å²) in [7, 11) is 0. The largest absolute Gasteiger partial charge is 0.446 e. The highest BCUT2D eigenvalue weighted by atomic mass is 16.6. The smallest absolute Gasteiger partial charge is 0.411 e. The van der Waals surface area contributed by atoms with Gasteiger partial charge in [-0.3, -0.25) is 15.0 Å². The van der Waals surface area contributed by atoms with Gasteiger partial charge in [-0.1, -0.05) is 48.5 Å². The maximum absolute atomic E-state index is 12.5. The maximum Gasteiger partial charge on any atom is 0.411 e. The topological polar surface area (TPSA) is 61.9 Å². The molecule has 6 nitrogen and oxygen atoms in total. The van der Waals surface area contributed by atoms with Crippen molar-refractivity contribution >= 4 is 17.7 Å². The number of piperidine rings is 1. The van der Waals surface area contributed by atoms with Crippen LogP contribution in [0.2, 0.25) is 0 Å². The fourth-order valence-electron chi connectivity index (χ4n) is 4.20. The molecule has 2 heterocycles. The Labute approximate surface area is 177 Å². The van der Waals surface area contributed by atoms with Crippen molar-refractivity contribution in [3.63, 3.8) is 0 Å². The van der Waals surface area contributed by atoms with E-state index < -0.39 is 6.09 Å². The molecule has 30 heavy (non-hydrogen) atoms. The van der Waals surface area contributed by atoms with Gasteiger partial charge in [0.15, 0.2) is 0 Å². The number of para-hydroxylation sites is 1. The van der Waals surface area contributed by atoms with E-state index in [1.807, 2.05) is 59.5 Å². The van der Waals surface area contributed by atoms with Crippen molar-refractivity contribution in [2.24, 2.45) is 0 Å². The third kappa shape index (κ3) is 5.19. The normalized spacial score (nSPS) is 17.7. The first kappa shape index (κ1) is 20.4. The van der Waals surface area contributed by atoms with E-state index in [4.69, 9.17) is 4.74 Å². The lowest BCUT2D eigenvalue weighted by Gasteiger charge is -2.32. The Kier molecular flexibility index (Phi) is 6.64. The Morgan fingerprint density at radius 3 is 2.30 bits per heavy atom. The monoisotopic (exact) mass is 407 g/mol. The molecule has 0 atom stereocenters. The number of anilines is 1. The second-order valence-corrected chi connectivity index (χ2v) is 8.01. The minimum absolute atomic E-state index is 0.118. The van der Waals surface area contributed by atoms with Crippen LogP contribution in [0.5, 0.6) is 0 Å². The molecule has 0 unspecified atom stereocenters. The zero-order valence-electron chi connectivity index (χ0n) is 17.3. The lowest BCUT2D eigenvalue weighted by Crippen LogP contribution is -2.44. The molecule has 4 rings (SSSR count). The van der Waals surface area contributed by atoms with Gasteiger partial charge in [-0.15, -0.1) is 0 Å². The average Bonchev–Trinajstić information content (AvgIpc) is 3.31. The molecule has 2 saturated heterocycles. The van der Waals surface area contributed by atoms with Gasteiger partial charge in [0.25, 0.3) is 0 Å². The zero-order chi connectivity index (χ0) is 20.8. The van der Waals surface area contributed by atoms with Crippen molar-refractivity contribution < 1.29 is 14.3 Å². The molecular weight excluding hydrogens is 378 g/mol. The molecule has 6 heteroatoms. The highest BCUT2D eigenvalue weighted by Gasteiger charge is 2.26. The van der Waals surface area contributed by atoms with Crippen molar-refractivity contribution in [2.45, 2.75) is 31.8 Å². The fourth-order valence-corrected chi connectivity index (χ4v) is 4.20. The lowest BCUT2D eigenvalue weighted by molar-refractivity contribution is -0.131. The van der Waals surface area contributed by atoms with E-state index in [-0.39, 0.29) is 12.0 Å². The molecule has 2 aliphatic heterocycles. The lowest BCUT2D eigenvalue weighted by atomic mass is 10.0. The van der Waals surface area contributed by atoms with E-state index in [0.717, 1.165) is 68.7 Å². The minimum atomic E-state index is -0.426. The third-order valence-electron chi connectivity index (χ3n) is 5.87. The van der Waals surface area contributed by atoms with Crippen molar-refractivity contribution in [2.75, 3.05) is 38.0 Å². The van der Waals surface area contributed by atoms with Crippen LogP contribution in [-0.2, 0) is 9.53 Å². The van der Waals surface area contributed by atoms with Crippen LogP contribution < -0.4 is 5.32 Å². The first-order valence-corrected chi connectivity index (χ1v) is 10.8. The van der Waals surface area contributed by atoms with Crippen LogP contribution in [0.25, 0.3) is 11.1 Å². The number of hydrogen-bond acceptors (Lipinski definition) is 4. The van der Waals surface area contributed by atoms with Crippen LogP contribution in [-0.4, -0.2) is 60.6 Å². The summed E-state index contributed by atoms with van der Waals surface area (Å²) in [6.07, 6.45) is 3.19. The quantitative estimate of drug-likeness (QED) is 0.814. The van der Waals surface area contributed by atoms with Gasteiger partial charge in [0, 0.05) is 31.7 Å². The number of ether oxygens (including phenoxy) is 1. The summed E-state index contributed by atoms with van der Waals surface area (Å²) in [4.78, 5) is 28.9. The molecule has 2 amide bonds. The van der Waals surface area contributed by atoms with Crippen LogP contribution in [0, 0.1) is 0 Å². The number of likely N-dealkylation sites (tertiary alicyclic amines) is 2. The minimum Gasteiger partial charge on any atom is -0.446 e. The summed E-state index contributed by atoms with van der Waals surface area (Å²) >= 11 is 0. The SMILES string of the molecule is O=C(Nc1ccccc1-c1ccccc1)OC1CCN(CC(=O)N2CCCC2)CC1. The number of amides is 2. The molecule has 2 fully saturated rings. The van der Waals surface area contributed by atoms with Gasteiger partial charge in [0.05, 0.1) is 12.2 Å². The van der Waals surface area contributed by atoms with E-state index in [2.05, 4.69) is 10.2 Å². The predicted molar refractivity (Wildman–Crippen MR) is 117 cm³/mol. The number of carbonyl (C=O) groups is 2. The van der Waals surface area contributed by atoms with Crippen LogP contribution in [0.3, 0.4) is 0 Å². The summed E-state index contributed by atoms with van der Waals surface area (Å²) in [6.45, 7) is 3.81. The summed E-state index contributed by atoms with van der Waals surface area (Å²) in [5, 5.41) is 2.90. The van der Waals surface area contributed by atoms with Gasteiger partial charge in [0.2, 0.25) is 5.91 Å². The number of nitrogens with zero attached hydrogens (tertiary/aromatic N) is 2. The molecular formula is C24H29N3O3. The number of benzene rings is 2. The Hall–Kier alpha value is -2.86. The molecule has 0 aromatic heterocycles. The highest BCUT2D eigenvalue weighted by Crippen LogP contribution is 2.28. The molecule has 2 aromatic rings. The molecule has 158 valence electrons. The predicted octanol–water partition coefficient (Wildman–Crippen LogP) is 3.99. The standard InChI is InChI=1S/C24H29N3O3/c28-23(27-14-6-7-15-27)18-26-16-12-20(13-17-26)30-24(29)25-22-11-5-4-10-21(22)19-8-2-1-3-9-19/h1-5,8-11,20H,6-7,12-18H2,(H,25,29). The molecule has 0 saturated carbocycles. The molecule has 2 aromatic carbocycles. The van der Waals surface area contributed by atoms with E-state index in [9.17, 15) is 9.59 Å². The highest BCUT2D eigenvalue weighted by molar-refractivity contribution is 5.91. The number of carbonyl (C=O) groups excluding carboxylic acids is 2. The Bertz CT molecular complexity index is 857. The van der Waals surface area contributed by atoms with Gasteiger partial charge in [-0.2, -0.15) is 0 Å². The van der Waals surface area contributed by atoms with E-state index in [0.29, 0.717) is 6.54 Å². The maximum atomic E-state index is 12.5. The number of hydrogen-bond donors (Lipinski definition) is 1. The average molecular weight is 408 g/mol. The van der Waals surface area contributed by atoms with Crippen LogP contribution in [0.4, 0.5) is 10.5 Å². The van der Waals surface area contributed by atoms with Gasteiger partial charge < -0.3 is 9.64 Å².